The Hall–Kier alpha value is -0.840. The summed E-state index contributed by atoms with van der Waals surface area (Å²) in [6.45, 7) is 5.12. The molecule has 0 spiro atoms. The molecule has 0 radical (unpaired) electrons. The first-order valence-electron chi connectivity index (χ1n) is 6.33. The molecule has 1 aromatic heterocycles. The number of aliphatic hydroxyl groups is 1. The smallest absolute Gasteiger partial charge is 0.0739 e. The van der Waals surface area contributed by atoms with Gasteiger partial charge in [-0.05, 0) is 18.6 Å². The second-order valence-electron chi connectivity index (χ2n) is 4.69. The van der Waals surface area contributed by atoms with Crippen LogP contribution in [0.4, 0.5) is 0 Å². The lowest BCUT2D eigenvalue weighted by Gasteiger charge is -2.36. The topological polar surface area (TPSA) is 37.6 Å². The van der Waals surface area contributed by atoms with Crippen LogP contribution in [0.5, 0.6) is 0 Å². The summed E-state index contributed by atoms with van der Waals surface area (Å²) >= 11 is 0. The molecule has 2 atom stereocenters. The van der Waals surface area contributed by atoms with Gasteiger partial charge < -0.3 is 14.4 Å². The van der Waals surface area contributed by atoms with Crippen LogP contribution < -0.4 is 0 Å². The monoisotopic (exact) mass is 238 g/mol. The predicted octanol–water partition coefficient (Wildman–Crippen LogP) is 1.17. The lowest BCUT2D eigenvalue weighted by molar-refractivity contribution is -0.0300. The molecule has 1 aliphatic rings. The number of ether oxygens (including phenoxy) is 1. The molecule has 1 fully saturated rings. The maximum Gasteiger partial charge on any atom is 0.0739 e. The Kier molecular flexibility index (Phi) is 4.20. The number of β-amino-alcohol motifs (C(OH)–C–C–N with tert-alkyl or cyclic N) is 1. The van der Waals surface area contributed by atoms with Gasteiger partial charge >= 0.3 is 0 Å². The Morgan fingerprint density at radius 1 is 1.59 bits per heavy atom. The summed E-state index contributed by atoms with van der Waals surface area (Å²) in [6, 6.07) is 4.45. The van der Waals surface area contributed by atoms with Gasteiger partial charge in [-0.25, -0.2) is 0 Å². The third kappa shape index (κ3) is 2.89. The molecule has 1 N–H and O–H groups in total. The molecule has 4 nitrogen and oxygen atoms in total. The number of aryl methyl sites for hydroxylation is 1. The van der Waals surface area contributed by atoms with Crippen LogP contribution in [-0.4, -0.2) is 47.0 Å². The Bertz CT molecular complexity index is 351. The largest absolute Gasteiger partial charge is 0.392 e. The van der Waals surface area contributed by atoms with Crippen LogP contribution in [-0.2, 0) is 11.8 Å². The van der Waals surface area contributed by atoms with E-state index in [1.54, 1.807) is 0 Å². The van der Waals surface area contributed by atoms with Crippen molar-refractivity contribution in [1.82, 2.24) is 9.47 Å². The van der Waals surface area contributed by atoms with Crippen LogP contribution in [0.3, 0.4) is 0 Å². The molecular formula is C13H22N2O2. The van der Waals surface area contributed by atoms with E-state index in [-0.39, 0.29) is 12.1 Å². The molecule has 2 heterocycles. The number of hydrogen-bond acceptors (Lipinski definition) is 3. The number of morpholine rings is 1. The molecule has 0 bridgehead atoms. The zero-order chi connectivity index (χ0) is 12.3. The first-order chi connectivity index (χ1) is 8.22. The molecule has 4 heteroatoms. The van der Waals surface area contributed by atoms with E-state index in [1.165, 1.54) is 5.69 Å². The van der Waals surface area contributed by atoms with Gasteiger partial charge in [0.2, 0.25) is 0 Å². The fourth-order valence-corrected chi connectivity index (χ4v) is 2.35. The molecule has 0 unspecified atom stereocenters. The molecular weight excluding hydrogens is 216 g/mol. The van der Waals surface area contributed by atoms with Gasteiger partial charge in [-0.2, -0.15) is 0 Å². The molecule has 1 saturated heterocycles. The summed E-state index contributed by atoms with van der Waals surface area (Å²) in [6.07, 6.45) is 2.62. The summed E-state index contributed by atoms with van der Waals surface area (Å²) in [4.78, 5) is 2.33. The van der Waals surface area contributed by atoms with Crippen molar-refractivity contribution in [3.8, 4) is 0 Å². The third-order valence-corrected chi connectivity index (χ3v) is 3.48. The second-order valence-corrected chi connectivity index (χ2v) is 4.69. The number of aliphatic hydroxyl groups excluding tert-OH is 1. The summed E-state index contributed by atoms with van der Waals surface area (Å²) in [5.74, 6) is 0. The molecule has 1 aromatic rings. The molecule has 0 aromatic carbocycles. The van der Waals surface area contributed by atoms with Gasteiger partial charge in [-0.3, -0.25) is 4.90 Å². The van der Waals surface area contributed by atoms with Gasteiger partial charge in [0.05, 0.1) is 25.4 Å². The Balaban J connectivity index is 2.09. The van der Waals surface area contributed by atoms with E-state index >= 15 is 0 Å². The van der Waals surface area contributed by atoms with Crippen molar-refractivity contribution >= 4 is 0 Å². The summed E-state index contributed by atoms with van der Waals surface area (Å²) in [5.41, 5.74) is 1.26. The summed E-state index contributed by atoms with van der Waals surface area (Å²) in [5, 5.41) is 9.81. The van der Waals surface area contributed by atoms with Crippen molar-refractivity contribution in [3.63, 3.8) is 0 Å². The van der Waals surface area contributed by atoms with Crippen molar-refractivity contribution in [3.05, 3.63) is 24.0 Å². The van der Waals surface area contributed by atoms with Crippen LogP contribution in [0, 0.1) is 0 Å². The highest BCUT2D eigenvalue weighted by molar-refractivity contribution is 5.12. The molecule has 2 rings (SSSR count). The summed E-state index contributed by atoms with van der Waals surface area (Å²) in [7, 11) is 2.05. The van der Waals surface area contributed by atoms with Crippen molar-refractivity contribution in [2.24, 2.45) is 7.05 Å². The lowest BCUT2D eigenvalue weighted by atomic mass is 10.1. The SMILES string of the molecule is CC[C@@H](O)CN1CCOC[C@@H]1c1cccn1C. The lowest BCUT2D eigenvalue weighted by Crippen LogP contribution is -2.43. The van der Waals surface area contributed by atoms with Crippen molar-refractivity contribution in [2.45, 2.75) is 25.5 Å². The summed E-state index contributed by atoms with van der Waals surface area (Å²) < 4.78 is 7.70. The highest BCUT2D eigenvalue weighted by atomic mass is 16.5. The van der Waals surface area contributed by atoms with Gasteiger partial charge in [0, 0.05) is 32.0 Å². The van der Waals surface area contributed by atoms with Crippen LogP contribution in [0.2, 0.25) is 0 Å². The maximum absolute atomic E-state index is 9.81. The molecule has 0 aliphatic carbocycles. The fourth-order valence-electron chi connectivity index (χ4n) is 2.35. The minimum atomic E-state index is -0.240. The Morgan fingerprint density at radius 3 is 3.06 bits per heavy atom. The van der Waals surface area contributed by atoms with E-state index < -0.39 is 0 Å². The minimum Gasteiger partial charge on any atom is -0.392 e. The normalized spacial score (nSPS) is 23.8. The Morgan fingerprint density at radius 2 is 2.41 bits per heavy atom. The standard InChI is InChI=1S/C13H22N2O2/c1-3-11(16)9-15-7-8-17-10-13(15)12-5-4-6-14(12)2/h4-6,11,13,16H,3,7-10H2,1-2H3/t11-,13-/m1/s1. The van der Waals surface area contributed by atoms with Crippen LogP contribution >= 0.6 is 0 Å². The molecule has 17 heavy (non-hydrogen) atoms. The van der Waals surface area contributed by atoms with Gasteiger partial charge in [-0.1, -0.05) is 6.92 Å². The third-order valence-electron chi connectivity index (χ3n) is 3.48. The highest BCUT2D eigenvalue weighted by Crippen LogP contribution is 2.24. The van der Waals surface area contributed by atoms with Crippen LogP contribution in [0.25, 0.3) is 0 Å². The first kappa shape index (κ1) is 12.6. The number of aromatic nitrogens is 1. The molecule has 96 valence electrons. The predicted molar refractivity (Wildman–Crippen MR) is 66.8 cm³/mol. The maximum atomic E-state index is 9.81. The number of hydrogen-bond donors (Lipinski definition) is 1. The molecule has 0 amide bonds. The van der Waals surface area contributed by atoms with E-state index in [0.29, 0.717) is 6.61 Å². The van der Waals surface area contributed by atoms with E-state index in [0.717, 1.165) is 26.1 Å². The number of rotatable bonds is 4. The van der Waals surface area contributed by atoms with E-state index in [4.69, 9.17) is 4.74 Å². The van der Waals surface area contributed by atoms with E-state index in [2.05, 4.69) is 34.8 Å². The second kappa shape index (κ2) is 5.67. The quantitative estimate of drug-likeness (QED) is 0.855. The van der Waals surface area contributed by atoms with Crippen molar-refractivity contribution in [1.29, 1.82) is 0 Å². The van der Waals surface area contributed by atoms with Crippen LogP contribution in [0.15, 0.2) is 18.3 Å². The van der Waals surface area contributed by atoms with E-state index in [9.17, 15) is 5.11 Å². The van der Waals surface area contributed by atoms with Gasteiger partial charge in [0.25, 0.3) is 0 Å². The van der Waals surface area contributed by atoms with Gasteiger partial charge in [-0.15, -0.1) is 0 Å². The zero-order valence-electron chi connectivity index (χ0n) is 10.7. The van der Waals surface area contributed by atoms with Crippen LogP contribution in [0.1, 0.15) is 25.1 Å². The molecule has 1 aliphatic heterocycles. The molecule has 0 saturated carbocycles. The minimum absolute atomic E-state index is 0.240. The van der Waals surface area contributed by atoms with Gasteiger partial charge in [0.1, 0.15) is 0 Å². The highest BCUT2D eigenvalue weighted by Gasteiger charge is 2.27. The van der Waals surface area contributed by atoms with E-state index in [1.807, 2.05) is 6.92 Å². The number of nitrogens with zero attached hydrogens (tertiary/aromatic N) is 2. The average molecular weight is 238 g/mol. The Labute approximate surface area is 103 Å². The first-order valence-corrected chi connectivity index (χ1v) is 6.33. The average Bonchev–Trinajstić information content (AvgIpc) is 2.76. The van der Waals surface area contributed by atoms with Gasteiger partial charge in [0.15, 0.2) is 0 Å². The zero-order valence-corrected chi connectivity index (χ0v) is 10.7. The van der Waals surface area contributed by atoms with Crippen molar-refractivity contribution in [2.75, 3.05) is 26.3 Å². The van der Waals surface area contributed by atoms with Crippen molar-refractivity contribution < 1.29 is 9.84 Å². The fraction of sp³-hybridized carbons (Fsp3) is 0.692.